The van der Waals surface area contributed by atoms with E-state index in [4.69, 9.17) is 15.6 Å². The van der Waals surface area contributed by atoms with E-state index < -0.39 is 12.1 Å². The summed E-state index contributed by atoms with van der Waals surface area (Å²) in [6.45, 7) is 1.62. The van der Waals surface area contributed by atoms with Crippen LogP contribution in [0.5, 0.6) is 0 Å². The normalized spacial score (nSPS) is 14.3. The lowest BCUT2D eigenvalue weighted by molar-refractivity contribution is -0.192. The zero-order valence-corrected chi connectivity index (χ0v) is 18.3. The van der Waals surface area contributed by atoms with Crippen LogP contribution in [-0.2, 0) is 16.0 Å². The molecule has 3 aromatic rings. The SMILES string of the molecule is Nc1cccc(C2CCN(C(=O)Cc3ccc(-n4ccnc4)cc3)CC2)c1.O=C(O)C(F)(F)F. The molecule has 7 nitrogen and oxygen atoms in total. The lowest BCUT2D eigenvalue weighted by atomic mass is 9.89. The van der Waals surface area contributed by atoms with E-state index in [9.17, 15) is 18.0 Å². The zero-order chi connectivity index (χ0) is 24.7. The molecule has 1 fully saturated rings. The van der Waals surface area contributed by atoms with Gasteiger partial charge in [0.2, 0.25) is 5.91 Å². The maximum Gasteiger partial charge on any atom is 0.490 e. The minimum atomic E-state index is -5.08. The molecule has 0 saturated carbocycles. The van der Waals surface area contributed by atoms with Crippen LogP contribution >= 0.6 is 0 Å². The lowest BCUT2D eigenvalue weighted by Gasteiger charge is -2.32. The van der Waals surface area contributed by atoms with Crippen molar-refractivity contribution >= 4 is 17.6 Å². The zero-order valence-electron chi connectivity index (χ0n) is 18.3. The number of likely N-dealkylation sites (tertiary alicyclic amines) is 1. The van der Waals surface area contributed by atoms with Crippen LogP contribution in [0.25, 0.3) is 5.69 Å². The van der Waals surface area contributed by atoms with Crippen LogP contribution < -0.4 is 5.73 Å². The summed E-state index contributed by atoms with van der Waals surface area (Å²) >= 11 is 0. The van der Waals surface area contributed by atoms with Crippen LogP contribution in [0.15, 0.2) is 67.3 Å². The molecular weight excluding hydrogens is 449 g/mol. The highest BCUT2D eigenvalue weighted by Gasteiger charge is 2.38. The van der Waals surface area contributed by atoms with Gasteiger partial charge in [-0.2, -0.15) is 13.2 Å². The van der Waals surface area contributed by atoms with Crippen molar-refractivity contribution in [3.63, 3.8) is 0 Å². The topological polar surface area (TPSA) is 101 Å². The molecule has 0 bridgehead atoms. The third kappa shape index (κ3) is 6.84. The number of hydrogen-bond acceptors (Lipinski definition) is 4. The minimum absolute atomic E-state index is 0.205. The Kier molecular flexibility index (Phi) is 7.93. The van der Waals surface area contributed by atoms with Gasteiger partial charge in [-0.05, 0) is 54.2 Å². The molecule has 1 aromatic heterocycles. The van der Waals surface area contributed by atoms with Gasteiger partial charge in [0, 0.05) is 36.9 Å². The molecule has 0 unspecified atom stereocenters. The number of aliphatic carboxylic acids is 1. The molecule has 34 heavy (non-hydrogen) atoms. The number of hydrogen-bond donors (Lipinski definition) is 2. The predicted octanol–water partition coefficient (Wildman–Crippen LogP) is 4.04. The predicted molar refractivity (Wildman–Crippen MR) is 120 cm³/mol. The average Bonchev–Trinajstić information content (AvgIpc) is 3.34. The molecule has 1 amide bonds. The summed E-state index contributed by atoms with van der Waals surface area (Å²) in [7, 11) is 0. The summed E-state index contributed by atoms with van der Waals surface area (Å²) in [5.74, 6) is -2.06. The first kappa shape index (κ1) is 24.8. The summed E-state index contributed by atoms with van der Waals surface area (Å²) in [6.07, 6.45) is 2.79. The largest absolute Gasteiger partial charge is 0.490 e. The Labute approximate surface area is 194 Å². The fourth-order valence-corrected chi connectivity index (χ4v) is 3.76. The highest BCUT2D eigenvalue weighted by molar-refractivity contribution is 5.79. The molecule has 2 heterocycles. The molecule has 2 aromatic carbocycles. The molecule has 180 valence electrons. The monoisotopic (exact) mass is 474 g/mol. The number of carbonyl (C=O) groups excluding carboxylic acids is 1. The maximum absolute atomic E-state index is 12.7. The highest BCUT2D eigenvalue weighted by atomic mass is 19.4. The minimum Gasteiger partial charge on any atom is -0.475 e. The number of anilines is 1. The van der Waals surface area contributed by atoms with Crippen LogP contribution in [0.2, 0.25) is 0 Å². The fraction of sp³-hybridized carbons (Fsp3) is 0.292. The Morgan fingerprint density at radius 1 is 1.09 bits per heavy atom. The molecule has 0 aliphatic carbocycles. The summed E-state index contributed by atoms with van der Waals surface area (Å²) in [4.78, 5) is 27.6. The number of alkyl halides is 3. The number of imidazole rings is 1. The van der Waals surface area contributed by atoms with Crippen molar-refractivity contribution in [2.24, 2.45) is 0 Å². The molecule has 0 spiro atoms. The van der Waals surface area contributed by atoms with Crippen molar-refractivity contribution < 1.29 is 27.9 Å². The fourth-order valence-electron chi connectivity index (χ4n) is 3.76. The van der Waals surface area contributed by atoms with E-state index >= 15 is 0 Å². The number of benzene rings is 2. The second kappa shape index (κ2) is 10.9. The lowest BCUT2D eigenvalue weighted by Crippen LogP contribution is -2.38. The Balaban J connectivity index is 0.000000406. The van der Waals surface area contributed by atoms with Gasteiger partial charge in [-0.25, -0.2) is 9.78 Å². The van der Waals surface area contributed by atoms with Crippen molar-refractivity contribution in [2.45, 2.75) is 31.4 Å². The number of rotatable bonds is 4. The van der Waals surface area contributed by atoms with Crippen LogP contribution in [-0.4, -0.2) is 50.7 Å². The maximum atomic E-state index is 12.7. The number of carboxylic acid groups (broad SMARTS) is 1. The Bertz CT molecular complexity index is 1090. The van der Waals surface area contributed by atoms with Crippen LogP contribution in [0.4, 0.5) is 18.9 Å². The molecule has 4 rings (SSSR count). The molecule has 10 heteroatoms. The van der Waals surface area contributed by atoms with Crippen molar-refractivity contribution in [3.05, 3.63) is 78.4 Å². The van der Waals surface area contributed by atoms with Gasteiger partial charge in [-0.1, -0.05) is 24.3 Å². The van der Waals surface area contributed by atoms with Gasteiger partial charge in [0.1, 0.15) is 0 Å². The number of piperidine rings is 1. The molecule has 1 saturated heterocycles. The quantitative estimate of drug-likeness (QED) is 0.556. The van der Waals surface area contributed by atoms with Gasteiger partial charge in [-0.3, -0.25) is 4.79 Å². The average molecular weight is 474 g/mol. The number of carboxylic acids is 1. The van der Waals surface area contributed by atoms with E-state index in [-0.39, 0.29) is 5.91 Å². The van der Waals surface area contributed by atoms with Gasteiger partial charge >= 0.3 is 12.1 Å². The number of aromatic nitrogens is 2. The number of carbonyl (C=O) groups is 2. The Morgan fingerprint density at radius 2 is 1.74 bits per heavy atom. The molecule has 0 atom stereocenters. The van der Waals surface area contributed by atoms with Gasteiger partial charge in [-0.15, -0.1) is 0 Å². The standard InChI is InChI=1S/C22H24N4O.C2HF3O2/c23-20-3-1-2-19(15-20)18-8-11-25(12-9-18)22(27)14-17-4-6-21(7-5-17)26-13-10-24-16-26;3-2(4,5)1(6)7/h1-7,10,13,15-16,18H,8-9,11-12,14,23H2;(H,6,7). The molecule has 3 N–H and O–H groups in total. The third-order valence-electron chi connectivity index (χ3n) is 5.57. The van der Waals surface area contributed by atoms with Crippen LogP contribution in [0.1, 0.15) is 29.9 Å². The van der Waals surface area contributed by atoms with E-state index in [2.05, 4.69) is 17.1 Å². The first-order valence-electron chi connectivity index (χ1n) is 10.6. The van der Waals surface area contributed by atoms with Crippen LogP contribution in [0.3, 0.4) is 0 Å². The van der Waals surface area contributed by atoms with E-state index in [0.717, 1.165) is 42.9 Å². The third-order valence-corrected chi connectivity index (χ3v) is 5.57. The molecule has 0 radical (unpaired) electrons. The summed E-state index contributed by atoms with van der Waals surface area (Å²) in [5, 5.41) is 7.12. The second-order valence-corrected chi connectivity index (χ2v) is 7.94. The number of amides is 1. The van der Waals surface area contributed by atoms with E-state index in [1.54, 1.807) is 12.5 Å². The van der Waals surface area contributed by atoms with Gasteiger partial charge in [0.15, 0.2) is 0 Å². The molecule has 1 aliphatic rings. The van der Waals surface area contributed by atoms with Crippen molar-refractivity contribution in [1.82, 2.24) is 14.5 Å². The molecular formula is C24H25F3N4O3. The van der Waals surface area contributed by atoms with Gasteiger partial charge in [0.05, 0.1) is 12.7 Å². The van der Waals surface area contributed by atoms with E-state index in [1.165, 1.54) is 5.56 Å². The second-order valence-electron chi connectivity index (χ2n) is 7.94. The first-order valence-corrected chi connectivity index (χ1v) is 10.6. The van der Waals surface area contributed by atoms with E-state index in [0.29, 0.717) is 12.3 Å². The number of nitrogen functional groups attached to an aromatic ring is 1. The summed E-state index contributed by atoms with van der Waals surface area (Å²) < 4.78 is 33.7. The first-order chi connectivity index (χ1) is 16.1. The van der Waals surface area contributed by atoms with Gasteiger partial charge < -0.3 is 20.3 Å². The Hall–Kier alpha value is -3.82. The van der Waals surface area contributed by atoms with Crippen LogP contribution in [0, 0.1) is 0 Å². The summed E-state index contributed by atoms with van der Waals surface area (Å²) in [6, 6.07) is 16.2. The Morgan fingerprint density at radius 3 is 2.26 bits per heavy atom. The number of nitrogens with two attached hydrogens (primary N) is 1. The number of nitrogens with zero attached hydrogens (tertiary/aromatic N) is 3. The summed E-state index contributed by atoms with van der Waals surface area (Å²) in [5.41, 5.74) is 10.1. The number of halogens is 3. The van der Waals surface area contributed by atoms with Gasteiger partial charge in [0.25, 0.3) is 0 Å². The smallest absolute Gasteiger partial charge is 0.475 e. The molecule has 1 aliphatic heterocycles. The highest BCUT2D eigenvalue weighted by Crippen LogP contribution is 2.29. The van der Waals surface area contributed by atoms with E-state index in [1.807, 2.05) is 52.1 Å². The van der Waals surface area contributed by atoms with Crippen molar-refractivity contribution in [3.8, 4) is 5.69 Å². The van der Waals surface area contributed by atoms with Crippen molar-refractivity contribution in [1.29, 1.82) is 0 Å². The van der Waals surface area contributed by atoms with Crippen molar-refractivity contribution in [2.75, 3.05) is 18.8 Å².